The van der Waals surface area contributed by atoms with Gasteiger partial charge in [0.05, 0.1) is 28.4 Å². The molecule has 0 spiro atoms. The van der Waals surface area contributed by atoms with E-state index in [0.717, 1.165) is 71.2 Å². The number of hydrogen-bond acceptors (Lipinski definition) is 5. The van der Waals surface area contributed by atoms with E-state index in [0.29, 0.717) is 50.5 Å². The van der Waals surface area contributed by atoms with Gasteiger partial charge in [-0.25, -0.2) is 8.91 Å². The van der Waals surface area contributed by atoms with Gasteiger partial charge < -0.3 is 25.2 Å². The number of aliphatic hydroxyl groups is 1. The fraction of sp³-hybridized carbons (Fsp3) is 0.528. The number of carbonyl (C=O) groups excluding carboxylic acids is 2. The van der Waals surface area contributed by atoms with Crippen molar-refractivity contribution in [2.24, 2.45) is 17.6 Å². The molecule has 2 saturated carbocycles. The van der Waals surface area contributed by atoms with E-state index in [1.54, 1.807) is 12.1 Å². The van der Waals surface area contributed by atoms with Gasteiger partial charge in [0.25, 0.3) is 5.91 Å². The SMILES string of the molecule is Cc1c(-c2cc3cc(F)cc(C4CCN(C(=O)C5CC(O)C5)CC4)c3n2CC2CC2)nn2cc(C(=O)N3CCC[C@@H](N)C3)ccc12. The van der Waals surface area contributed by atoms with Gasteiger partial charge in [0.2, 0.25) is 5.91 Å². The first kappa shape index (κ1) is 29.6. The lowest BCUT2D eigenvalue weighted by molar-refractivity contribution is -0.143. The summed E-state index contributed by atoms with van der Waals surface area (Å²) < 4.78 is 19.4. The Hall–Kier alpha value is -3.76. The lowest BCUT2D eigenvalue weighted by Gasteiger charge is -2.38. The first-order chi connectivity index (χ1) is 22.2. The minimum atomic E-state index is -0.347. The number of pyridine rings is 1. The van der Waals surface area contributed by atoms with Crippen LogP contribution < -0.4 is 5.73 Å². The summed E-state index contributed by atoms with van der Waals surface area (Å²) in [4.78, 5) is 30.1. The van der Waals surface area contributed by atoms with Gasteiger partial charge in [0.1, 0.15) is 11.5 Å². The summed E-state index contributed by atoms with van der Waals surface area (Å²) in [6, 6.07) is 9.30. The second-order valence-electron chi connectivity index (χ2n) is 14.3. The van der Waals surface area contributed by atoms with E-state index in [9.17, 15) is 14.7 Å². The molecule has 9 nitrogen and oxygen atoms in total. The Labute approximate surface area is 268 Å². The number of halogens is 1. The Morgan fingerprint density at radius 2 is 1.80 bits per heavy atom. The molecule has 1 aromatic carbocycles. The van der Waals surface area contributed by atoms with Crippen LogP contribution in [0.5, 0.6) is 0 Å². The van der Waals surface area contributed by atoms with Gasteiger partial charge in [-0.2, -0.15) is 5.10 Å². The summed E-state index contributed by atoms with van der Waals surface area (Å²) in [5.41, 5.74) is 12.6. The molecule has 2 amide bonds. The predicted molar refractivity (Wildman–Crippen MR) is 174 cm³/mol. The highest BCUT2D eigenvalue weighted by Crippen LogP contribution is 2.42. The highest BCUT2D eigenvalue weighted by atomic mass is 19.1. The van der Waals surface area contributed by atoms with Crippen molar-refractivity contribution in [1.29, 1.82) is 0 Å². The second-order valence-corrected chi connectivity index (χ2v) is 14.3. The first-order valence-corrected chi connectivity index (χ1v) is 17.1. The Balaban J connectivity index is 1.14. The number of aryl methyl sites for hydroxylation is 1. The number of amides is 2. The van der Waals surface area contributed by atoms with Crippen molar-refractivity contribution in [3.05, 3.63) is 59.0 Å². The van der Waals surface area contributed by atoms with Crippen LogP contribution in [0.15, 0.2) is 36.5 Å². The number of benzene rings is 1. The summed E-state index contributed by atoms with van der Waals surface area (Å²) >= 11 is 0. The number of nitrogens with two attached hydrogens (primary N) is 1. The van der Waals surface area contributed by atoms with Crippen molar-refractivity contribution < 1.29 is 19.1 Å². The zero-order valence-electron chi connectivity index (χ0n) is 26.5. The smallest absolute Gasteiger partial charge is 0.255 e. The summed E-state index contributed by atoms with van der Waals surface area (Å²) in [7, 11) is 0. The highest BCUT2D eigenvalue weighted by molar-refractivity contribution is 5.95. The number of rotatable bonds is 6. The van der Waals surface area contributed by atoms with Crippen LogP contribution in [0.25, 0.3) is 27.8 Å². The normalized spacial score (nSPS) is 24.1. The quantitative estimate of drug-likeness (QED) is 0.318. The molecule has 1 atom stereocenters. The predicted octanol–water partition coefficient (Wildman–Crippen LogP) is 4.85. The van der Waals surface area contributed by atoms with Gasteiger partial charge in [-0.15, -0.1) is 0 Å². The van der Waals surface area contributed by atoms with Gasteiger partial charge >= 0.3 is 0 Å². The average Bonchev–Trinajstić information content (AvgIpc) is 3.71. The summed E-state index contributed by atoms with van der Waals surface area (Å²) in [5, 5.41) is 15.6. The largest absolute Gasteiger partial charge is 0.393 e. The van der Waals surface area contributed by atoms with Crippen LogP contribution in [0.4, 0.5) is 4.39 Å². The first-order valence-electron chi connectivity index (χ1n) is 17.1. The van der Waals surface area contributed by atoms with Crippen LogP contribution in [-0.2, 0) is 11.3 Å². The van der Waals surface area contributed by atoms with Gasteiger partial charge in [-0.3, -0.25) is 9.59 Å². The minimum Gasteiger partial charge on any atom is -0.393 e. The lowest BCUT2D eigenvalue weighted by Crippen LogP contribution is -2.46. The monoisotopic (exact) mass is 626 g/mol. The van der Waals surface area contributed by atoms with E-state index < -0.39 is 0 Å². The maximum atomic E-state index is 15.3. The fourth-order valence-corrected chi connectivity index (χ4v) is 8.04. The maximum absolute atomic E-state index is 15.3. The Morgan fingerprint density at radius 3 is 2.52 bits per heavy atom. The fourth-order valence-electron chi connectivity index (χ4n) is 8.04. The highest BCUT2D eigenvalue weighted by Gasteiger charge is 2.37. The molecule has 2 aliphatic heterocycles. The van der Waals surface area contributed by atoms with Crippen LogP contribution >= 0.6 is 0 Å². The molecule has 5 heterocycles. The van der Waals surface area contributed by atoms with E-state index in [1.807, 2.05) is 32.6 Å². The molecule has 46 heavy (non-hydrogen) atoms. The topological polar surface area (TPSA) is 109 Å². The molecule has 3 aromatic heterocycles. The van der Waals surface area contributed by atoms with Crippen molar-refractivity contribution in [1.82, 2.24) is 24.0 Å². The van der Waals surface area contributed by atoms with E-state index in [4.69, 9.17) is 10.8 Å². The molecular formula is C36H43FN6O3. The molecule has 4 fully saturated rings. The number of nitrogens with zero attached hydrogens (tertiary/aromatic N) is 5. The Morgan fingerprint density at radius 1 is 1.02 bits per heavy atom. The van der Waals surface area contributed by atoms with Crippen molar-refractivity contribution in [3.8, 4) is 11.4 Å². The molecule has 4 aliphatic rings. The van der Waals surface area contributed by atoms with Crippen LogP contribution in [0.3, 0.4) is 0 Å². The lowest BCUT2D eigenvalue weighted by atomic mass is 9.80. The molecule has 0 bridgehead atoms. The van der Waals surface area contributed by atoms with Crippen molar-refractivity contribution in [2.75, 3.05) is 26.2 Å². The molecular weight excluding hydrogens is 583 g/mol. The van der Waals surface area contributed by atoms with Gasteiger partial charge in [0.15, 0.2) is 0 Å². The van der Waals surface area contributed by atoms with Crippen molar-refractivity contribution in [3.63, 3.8) is 0 Å². The van der Waals surface area contributed by atoms with Crippen molar-refractivity contribution in [2.45, 2.75) is 82.9 Å². The summed E-state index contributed by atoms with van der Waals surface area (Å²) in [6.45, 7) is 5.51. The molecule has 242 valence electrons. The van der Waals surface area contributed by atoms with Crippen LogP contribution in [0.2, 0.25) is 0 Å². The Bertz CT molecular complexity index is 1830. The standard InChI is InChI=1S/C36H43FN6O3/c1-21-31-7-6-24(35(45)41-10-2-3-28(38)20-41)19-43(31)39-33(21)32-16-25-13-27(37)17-30(34(25)42(32)18-22-4-5-22)23-8-11-40(12-9-23)36(46)26-14-29(44)15-26/h6-7,13,16-17,19,22-23,26,28-29,44H,2-5,8-12,14-15,18,20,38H2,1H3/t26?,28-,29?/m1/s1. The Kier molecular flexibility index (Phi) is 7.40. The third-order valence-electron chi connectivity index (χ3n) is 10.9. The molecule has 2 aliphatic carbocycles. The van der Waals surface area contributed by atoms with E-state index in [1.165, 1.54) is 12.8 Å². The molecule has 0 radical (unpaired) electrons. The number of likely N-dealkylation sites (tertiary alicyclic amines) is 2. The van der Waals surface area contributed by atoms with E-state index >= 15 is 4.39 Å². The number of fused-ring (bicyclic) bond motifs is 2. The molecule has 3 N–H and O–H groups in total. The van der Waals surface area contributed by atoms with Crippen LogP contribution in [0.1, 0.15) is 78.8 Å². The summed E-state index contributed by atoms with van der Waals surface area (Å²) in [6.07, 6.45) is 8.40. The third kappa shape index (κ3) is 5.29. The number of carbonyl (C=O) groups is 2. The number of piperidine rings is 2. The molecule has 8 rings (SSSR count). The second kappa shape index (κ2) is 11.5. The molecule has 2 saturated heterocycles. The molecule has 4 aromatic rings. The average molecular weight is 627 g/mol. The van der Waals surface area contributed by atoms with Crippen molar-refractivity contribution >= 4 is 28.2 Å². The third-order valence-corrected chi connectivity index (χ3v) is 10.9. The zero-order chi connectivity index (χ0) is 31.7. The number of hydrogen-bond donors (Lipinski definition) is 2. The maximum Gasteiger partial charge on any atom is 0.255 e. The van der Waals surface area contributed by atoms with Gasteiger partial charge in [-0.1, -0.05) is 0 Å². The molecule has 0 unspecified atom stereocenters. The number of aliphatic hydroxyl groups excluding tert-OH is 1. The van der Waals surface area contributed by atoms with Crippen LogP contribution in [0, 0.1) is 24.6 Å². The molecule has 10 heteroatoms. The summed E-state index contributed by atoms with van der Waals surface area (Å²) in [5.74, 6) is 0.561. The van der Waals surface area contributed by atoms with E-state index in [-0.39, 0.29) is 41.6 Å². The van der Waals surface area contributed by atoms with Gasteiger partial charge in [-0.05, 0) is 106 Å². The van der Waals surface area contributed by atoms with Gasteiger partial charge in [0, 0.05) is 61.8 Å². The van der Waals surface area contributed by atoms with Crippen LogP contribution in [-0.4, -0.2) is 79.2 Å². The zero-order valence-corrected chi connectivity index (χ0v) is 26.5. The van der Waals surface area contributed by atoms with E-state index in [2.05, 4.69) is 17.6 Å². The number of aromatic nitrogens is 3. The minimum absolute atomic E-state index is 0.0143.